The maximum Gasteiger partial charge on any atom is 0.194 e. The third kappa shape index (κ3) is 5.71. The van der Waals surface area contributed by atoms with Gasteiger partial charge in [0.15, 0.2) is 11.8 Å². The molecule has 2 aliphatic rings. The topological polar surface area (TPSA) is 85.4 Å². The second-order valence-corrected chi connectivity index (χ2v) is 8.21. The van der Waals surface area contributed by atoms with Gasteiger partial charge in [0.2, 0.25) is 0 Å². The van der Waals surface area contributed by atoms with Gasteiger partial charge in [-0.15, -0.1) is 34.2 Å². The zero-order valence-corrected chi connectivity index (χ0v) is 20.5. The van der Waals surface area contributed by atoms with Crippen LogP contribution in [-0.4, -0.2) is 67.7 Å². The van der Waals surface area contributed by atoms with E-state index in [9.17, 15) is 0 Å². The fraction of sp³-hybridized carbons (Fsp3) is 0.700. The Morgan fingerprint density at radius 2 is 2.17 bits per heavy atom. The number of hydrogen-bond donors (Lipinski definition) is 1. The van der Waals surface area contributed by atoms with Crippen molar-refractivity contribution in [1.29, 1.82) is 0 Å². The first-order valence-electron chi connectivity index (χ1n) is 10.6. The van der Waals surface area contributed by atoms with Crippen molar-refractivity contribution in [3.05, 3.63) is 29.6 Å². The van der Waals surface area contributed by atoms with Crippen molar-refractivity contribution in [3.63, 3.8) is 0 Å². The molecule has 0 amide bonds. The number of likely N-dealkylation sites (tertiary alicyclic amines) is 1. The molecule has 2 aromatic heterocycles. The number of nitrogens with zero attached hydrogens (tertiary/aromatic N) is 7. The average molecular weight is 528 g/mol. The van der Waals surface area contributed by atoms with Gasteiger partial charge < -0.3 is 19.5 Å². The molecule has 4 heterocycles. The van der Waals surface area contributed by atoms with E-state index in [-0.39, 0.29) is 30.1 Å². The van der Waals surface area contributed by atoms with Crippen LogP contribution in [0.4, 0.5) is 0 Å². The van der Waals surface area contributed by atoms with Crippen molar-refractivity contribution in [2.24, 2.45) is 25.0 Å². The molecule has 4 rings (SSSR count). The number of nitrogens with one attached hydrogen (secondary N) is 1. The van der Waals surface area contributed by atoms with E-state index in [1.54, 1.807) is 0 Å². The van der Waals surface area contributed by atoms with Crippen molar-refractivity contribution in [1.82, 2.24) is 34.8 Å². The Kier molecular flexibility index (Phi) is 8.09. The van der Waals surface area contributed by atoms with Crippen LogP contribution < -0.4 is 5.32 Å². The Labute approximate surface area is 195 Å². The summed E-state index contributed by atoms with van der Waals surface area (Å²) in [5, 5.41) is 16.3. The maximum absolute atomic E-state index is 5.78. The summed E-state index contributed by atoms with van der Waals surface area (Å²) in [6.45, 7) is 6.17. The predicted molar refractivity (Wildman–Crippen MR) is 126 cm³/mol. The Morgan fingerprint density at radius 3 is 2.83 bits per heavy atom. The van der Waals surface area contributed by atoms with E-state index >= 15 is 0 Å². The lowest BCUT2D eigenvalue weighted by Gasteiger charge is -2.23. The summed E-state index contributed by atoms with van der Waals surface area (Å²) in [6.07, 6.45) is 8.86. The van der Waals surface area contributed by atoms with Gasteiger partial charge in [0.05, 0.1) is 12.3 Å². The zero-order chi connectivity index (χ0) is 20.2. The molecule has 2 saturated heterocycles. The summed E-state index contributed by atoms with van der Waals surface area (Å²) in [4.78, 5) is 7.27. The number of rotatable bonds is 6. The van der Waals surface area contributed by atoms with Gasteiger partial charge in [-0.25, -0.2) is 4.99 Å². The summed E-state index contributed by atoms with van der Waals surface area (Å²) < 4.78 is 9.65. The molecule has 9 nitrogen and oxygen atoms in total. The summed E-state index contributed by atoms with van der Waals surface area (Å²) in [6, 6.07) is 0. The highest BCUT2D eigenvalue weighted by atomic mass is 127. The molecule has 2 aliphatic heterocycles. The molecule has 0 saturated carbocycles. The number of aromatic nitrogens is 5. The standard InChI is InChI=1S/C20H32N8O.HI/c1-15-24-25-19(27(15)3)12-22-20(21-11-18-5-4-8-29-18)28-7-6-16(14-28)9-17-10-23-26(2)13-17;/h10,13,16,18H,4-9,11-12,14H2,1-3H3,(H,21,22);1H. The summed E-state index contributed by atoms with van der Waals surface area (Å²) in [5.74, 6) is 3.35. The molecule has 0 bridgehead atoms. The van der Waals surface area contributed by atoms with Crippen LogP contribution in [0.1, 0.15) is 36.5 Å². The molecule has 2 aromatic rings. The summed E-state index contributed by atoms with van der Waals surface area (Å²) >= 11 is 0. The number of guanidine groups is 1. The third-order valence-corrected chi connectivity index (χ3v) is 5.93. The van der Waals surface area contributed by atoms with Gasteiger partial charge in [-0.05, 0) is 44.1 Å². The quantitative estimate of drug-likeness (QED) is 0.349. The van der Waals surface area contributed by atoms with Crippen LogP contribution in [0.3, 0.4) is 0 Å². The number of hydrogen-bond acceptors (Lipinski definition) is 5. The molecule has 2 unspecified atom stereocenters. The van der Waals surface area contributed by atoms with Gasteiger partial charge in [-0.2, -0.15) is 5.10 Å². The van der Waals surface area contributed by atoms with Gasteiger partial charge >= 0.3 is 0 Å². The lowest BCUT2D eigenvalue weighted by Crippen LogP contribution is -2.43. The number of aliphatic imine (C=N–C) groups is 1. The molecule has 2 atom stereocenters. The molecule has 0 radical (unpaired) electrons. The van der Waals surface area contributed by atoms with E-state index in [0.29, 0.717) is 12.5 Å². The molecule has 166 valence electrons. The minimum atomic E-state index is 0. The van der Waals surface area contributed by atoms with E-state index < -0.39 is 0 Å². The molecule has 10 heteroatoms. The molecule has 0 aromatic carbocycles. The smallest absolute Gasteiger partial charge is 0.194 e. The van der Waals surface area contributed by atoms with Gasteiger partial charge in [0.25, 0.3) is 0 Å². The normalized spacial score (nSPS) is 21.8. The molecule has 0 spiro atoms. The van der Waals surface area contributed by atoms with E-state index in [2.05, 4.69) is 31.7 Å². The third-order valence-electron chi connectivity index (χ3n) is 5.93. The first kappa shape index (κ1) is 23.0. The highest BCUT2D eigenvalue weighted by molar-refractivity contribution is 14.0. The van der Waals surface area contributed by atoms with Gasteiger partial charge in [-0.1, -0.05) is 0 Å². The fourth-order valence-corrected chi connectivity index (χ4v) is 4.11. The molecule has 2 fully saturated rings. The van der Waals surface area contributed by atoms with Gasteiger partial charge in [-0.3, -0.25) is 4.68 Å². The van der Waals surface area contributed by atoms with E-state index in [1.807, 2.05) is 36.5 Å². The number of aryl methyl sites for hydroxylation is 2. The van der Waals surface area contributed by atoms with Gasteiger partial charge in [0.1, 0.15) is 12.4 Å². The van der Waals surface area contributed by atoms with Crippen molar-refractivity contribution in [2.75, 3.05) is 26.2 Å². The van der Waals surface area contributed by atoms with Crippen molar-refractivity contribution in [3.8, 4) is 0 Å². The second-order valence-electron chi connectivity index (χ2n) is 8.21. The molecule has 0 aliphatic carbocycles. The highest BCUT2D eigenvalue weighted by Gasteiger charge is 2.26. The summed E-state index contributed by atoms with van der Waals surface area (Å²) in [7, 11) is 3.96. The summed E-state index contributed by atoms with van der Waals surface area (Å²) in [5.41, 5.74) is 1.31. The fourth-order valence-electron chi connectivity index (χ4n) is 4.11. The van der Waals surface area contributed by atoms with Crippen LogP contribution in [0.15, 0.2) is 17.4 Å². The van der Waals surface area contributed by atoms with Crippen molar-refractivity contribution in [2.45, 2.75) is 45.3 Å². The van der Waals surface area contributed by atoms with Crippen LogP contribution >= 0.6 is 24.0 Å². The molecule has 1 N–H and O–H groups in total. The van der Waals surface area contributed by atoms with Crippen LogP contribution in [0, 0.1) is 12.8 Å². The monoisotopic (exact) mass is 528 g/mol. The van der Waals surface area contributed by atoms with Crippen LogP contribution in [0.25, 0.3) is 0 Å². The van der Waals surface area contributed by atoms with Crippen molar-refractivity contribution >= 4 is 29.9 Å². The van der Waals surface area contributed by atoms with Crippen molar-refractivity contribution < 1.29 is 4.74 Å². The average Bonchev–Trinajstić information content (AvgIpc) is 3.49. The Balaban J connectivity index is 0.00000256. The largest absolute Gasteiger partial charge is 0.376 e. The first-order chi connectivity index (χ1) is 14.1. The highest BCUT2D eigenvalue weighted by Crippen LogP contribution is 2.21. The molecular formula is C20H33IN8O. The van der Waals surface area contributed by atoms with Crippen LogP contribution in [0.2, 0.25) is 0 Å². The van der Waals surface area contributed by atoms with E-state index in [1.165, 1.54) is 12.0 Å². The lowest BCUT2D eigenvalue weighted by molar-refractivity contribution is 0.113. The van der Waals surface area contributed by atoms with Gasteiger partial charge in [0, 0.05) is 46.5 Å². The Bertz CT molecular complexity index is 842. The van der Waals surface area contributed by atoms with E-state index in [0.717, 1.165) is 63.1 Å². The minimum Gasteiger partial charge on any atom is -0.376 e. The van der Waals surface area contributed by atoms with Crippen LogP contribution in [-0.2, 0) is 31.8 Å². The second kappa shape index (κ2) is 10.6. The van der Waals surface area contributed by atoms with Crippen LogP contribution in [0.5, 0.6) is 0 Å². The Morgan fingerprint density at radius 1 is 1.30 bits per heavy atom. The predicted octanol–water partition coefficient (Wildman–Crippen LogP) is 1.66. The number of halogens is 1. The maximum atomic E-state index is 5.78. The van der Waals surface area contributed by atoms with E-state index in [4.69, 9.17) is 9.73 Å². The zero-order valence-electron chi connectivity index (χ0n) is 18.1. The number of ether oxygens (including phenoxy) is 1. The SMILES string of the molecule is Cc1nnc(CN=C(NCC2CCCO2)N2CCC(Cc3cnn(C)c3)C2)n1C.I. The minimum absolute atomic E-state index is 0. The Hall–Kier alpha value is -1.69. The first-order valence-corrected chi connectivity index (χ1v) is 10.6. The molecule has 30 heavy (non-hydrogen) atoms. The lowest BCUT2D eigenvalue weighted by atomic mass is 10.0. The molecular weight excluding hydrogens is 495 g/mol.